The predicted molar refractivity (Wildman–Crippen MR) is 150 cm³/mol. The quantitative estimate of drug-likeness (QED) is 0.0653. The summed E-state index contributed by atoms with van der Waals surface area (Å²) in [6.45, 7) is 3.97. The van der Waals surface area contributed by atoms with E-state index >= 15 is 0 Å². The lowest BCUT2D eigenvalue weighted by Crippen LogP contribution is -2.15. The van der Waals surface area contributed by atoms with Gasteiger partial charge in [-0.15, -0.1) is 0 Å². The average Bonchev–Trinajstić information content (AvgIpc) is 2.97. The largest absolute Gasteiger partial charge is 0.494 e. The van der Waals surface area contributed by atoms with Gasteiger partial charge in [-0.3, -0.25) is 4.79 Å². The normalized spacial score (nSPS) is 10.9. The Labute approximate surface area is 227 Å². The number of esters is 2. The number of benzene rings is 3. The Bertz CT molecular complexity index is 1330. The van der Waals surface area contributed by atoms with Crippen LogP contribution in [0.2, 0.25) is 0 Å². The fourth-order valence-corrected chi connectivity index (χ4v) is 3.47. The number of carbonyl (C=O) groups excluding carboxylic acids is 3. The number of ether oxygens (including phenoxy) is 3. The lowest BCUT2D eigenvalue weighted by Gasteiger charge is -2.10. The first-order valence-electron chi connectivity index (χ1n) is 12.4. The average molecular weight is 527 g/mol. The Morgan fingerprint density at radius 2 is 1.46 bits per heavy atom. The molecule has 0 aromatic heterocycles. The lowest BCUT2D eigenvalue weighted by molar-refractivity contribution is -0.114. The first-order valence-corrected chi connectivity index (χ1v) is 12.4. The second kappa shape index (κ2) is 15.4. The molecule has 0 fully saturated rings. The molecule has 0 aliphatic rings. The third-order valence-corrected chi connectivity index (χ3v) is 5.55. The van der Waals surface area contributed by atoms with E-state index in [0.717, 1.165) is 24.8 Å². The summed E-state index contributed by atoms with van der Waals surface area (Å²) in [5.74, 6) is -0.405. The number of nitrogens with zero attached hydrogens (tertiary/aromatic N) is 2. The molecule has 39 heavy (non-hydrogen) atoms. The third-order valence-electron chi connectivity index (χ3n) is 5.55. The van der Waals surface area contributed by atoms with Gasteiger partial charge in [-0.05, 0) is 72.9 Å². The van der Waals surface area contributed by atoms with Gasteiger partial charge in [0.2, 0.25) is 0 Å². The van der Waals surface area contributed by atoms with Crippen molar-refractivity contribution in [1.82, 2.24) is 0 Å². The van der Waals surface area contributed by atoms with E-state index < -0.39 is 11.9 Å². The molecule has 0 atom stereocenters. The molecular weight excluding hydrogens is 496 g/mol. The third kappa shape index (κ3) is 9.51. The minimum Gasteiger partial charge on any atom is -0.494 e. The lowest BCUT2D eigenvalue weighted by atomic mass is 10.0. The SMILES string of the molecule is C=CC(=O)CCCCCOc1ccc(OC(=O)c2ccc(/C=N/N=C/c3ccccc3)cc2C(=O)OC)cc1. The van der Waals surface area contributed by atoms with Crippen LogP contribution in [0.5, 0.6) is 11.5 Å². The fraction of sp³-hybridized carbons (Fsp3) is 0.194. The number of ketones is 1. The fourth-order valence-electron chi connectivity index (χ4n) is 3.47. The van der Waals surface area contributed by atoms with E-state index in [0.29, 0.717) is 30.1 Å². The molecule has 3 aromatic rings. The molecule has 0 N–H and O–H groups in total. The van der Waals surface area contributed by atoms with Gasteiger partial charge in [-0.25, -0.2) is 9.59 Å². The van der Waals surface area contributed by atoms with Crippen LogP contribution in [0.25, 0.3) is 0 Å². The number of hydrogen-bond acceptors (Lipinski definition) is 8. The van der Waals surface area contributed by atoms with Crippen LogP contribution in [0.15, 0.2) is 95.7 Å². The van der Waals surface area contributed by atoms with E-state index in [1.54, 1.807) is 36.5 Å². The van der Waals surface area contributed by atoms with Gasteiger partial charge in [-0.2, -0.15) is 10.2 Å². The van der Waals surface area contributed by atoms with E-state index in [-0.39, 0.29) is 16.9 Å². The van der Waals surface area contributed by atoms with Crippen LogP contribution < -0.4 is 9.47 Å². The van der Waals surface area contributed by atoms with Crippen molar-refractivity contribution in [3.05, 3.63) is 108 Å². The van der Waals surface area contributed by atoms with Gasteiger partial charge in [0.1, 0.15) is 11.5 Å². The Balaban J connectivity index is 1.58. The number of carbonyl (C=O) groups is 3. The standard InChI is InChI=1S/C31H30N2O6/c1-3-25(34)12-8-5-9-19-38-26-14-16-27(17-15-26)39-31(36)28-18-13-24(20-29(28)30(35)37-2)22-33-32-21-23-10-6-4-7-11-23/h3-4,6-7,10-11,13-18,20-22H,1,5,8-9,12,19H2,2H3/b32-21+,33-22+. The smallest absolute Gasteiger partial charge is 0.344 e. The predicted octanol–water partition coefficient (Wildman–Crippen LogP) is 5.84. The summed E-state index contributed by atoms with van der Waals surface area (Å²) in [5, 5.41) is 8.01. The van der Waals surface area contributed by atoms with E-state index in [1.807, 2.05) is 30.3 Å². The van der Waals surface area contributed by atoms with Gasteiger partial charge < -0.3 is 14.2 Å². The molecule has 3 aromatic carbocycles. The highest BCUT2D eigenvalue weighted by Gasteiger charge is 2.20. The molecule has 0 bridgehead atoms. The van der Waals surface area contributed by atoms with Gasteiger partial charge in [0.25, 0.3) is 0 Å². The van der Waals surface area contributed by atoms with Crippen LogP contribution in [-0.4, -0.2) is 43.9 Å². The molecular formula is C31H30N2O6. The maximum Gasteiger partial charge on any atom is 0.344 e. The van der Waals surface area contributed by atoms with Gasteiger partial charge in [-0.1, -0.05) is 43.0 Å². The first-order chi connectivity index (χ1) is 19.0. The number of hydrogen-bond donors (Lipinski definition) is 0. The first kappa shape index (κ1) is 28.7. The van der Waals surface area contributed by atoms with Crippen molar-refractivity contribution in [3.8, 4) is 11.5 Å². The van der Waals surface area contributed by atoms with Crippen molar-refractivity contribution in [3.63, 3.8) is 0 Å². The van der Waals surface area contributed by atoms with E-state index in [2.05, 4.69) is 16.8 Å². The highest BCUT2D eigenvalue weighted by atomic mass is 16.5. The summed E-state index contributed by atoms with van der Waals surface area (Å²) < 4.78 is 16.0. The van der Waals surface area contributed by atoms with Crippen molar-refractivity contribution in [2.45, 2.75) is 25.7 Å². The van der Waals surface area contributed by atoms with Crippen LogP contribution >= 0.6 is 0 Å². The van der Waals surface area contributed by atoms with Crippen molar-refractivity contribution < 1.29 is 28.6 Å². The monoisotopic (exact) mass is 526 g/mol. The minimum atomic E-state index is -0.705. The highest BCUT2D eigenvalue weighted by molar-refractivity contribution is 6.05. The molecule has 0 amide bonds. The second-order valence-corrected chi connectivity index (χ2v) is 8.39. The molecule has 0 saturated carbocycles. The highest BCUT2D eigenvalue weighted by Crippen LogP contribution is 2.21. The Morgan fingerprint density at radius 1 is 0.769 bits per heavy atom. The van der Waals surface area contributed by atoms with Crippen LogP contribution in [0.1, 0.15) is 57.5 Å². The number of unbranched alkanes of at least 4 members (excludes halogenated alkanes) is 2. The summed E-state index contributed by atoms with van der Waals surface area (Å²) in [4.78, 5) is 36.5. The maximum atomic E-state index is 12.9. The molecule has 8 heteroatoms. The zero-order chi connectivity index (χ0) is 27.9. The number of allylic oxidation sites excluding steroid dienone is 1. The van der Waals surface area contributed by atoms with Gasteiger partial charge in [0.15, 0.2) is 5.78 Å². The molecule has 0 radical (unpaired) electrons. The molecule has 0 heterocycles. The van der Waals surface area contributed by atoms with Crippen molar-refractivity contribution in [2.75, 3.05) is 13.7 Å². The van der Waals surface area contributed by atoms with Crippen LogP contribution in [0, 0.1) is 0 Å². The molecule has 3 rings (SSSR count). The summed E-state index contributed by atoms with van der Waals surface area (Å²) in [6.07, 6.45) is 7.42. The number of rotatable bonds is 14. The summed E-state index contributed by atoms with van der Waals surface area (Å²) in [6, 6.07) is 20.7. The zero-order valence-corrected chi connectivity index (χ0v) is 21.7. The molecule has 200 valence electrons. The Hall–Kier alpha value is -4.85. The Kier molecular flexibility index (Phi) is 11.3. The topological polar surface area (TPSA) is 104 Å². The summed E-state index contributed by atoms with van der Waals surface area (Å²) in [5.41, 5.74) is 1.57. The van der Waals surface area contributed by atoms with Crippen molar-refractivity contribution >= 4 is 30.2 Å². The Morgan fingerprint density at radius 3 is 2.15 bits per heavy atom. The van der Waals surface area contributed by atoms with Gasteiger partial charge in [0, 0.05) is 6.42 Å². The zero-order valence-electron chi connectivity index (χ0n) is 21.7. The van der Waals surface area contributed by atoms with Crippen LogP contribution in [-0.2, 0) is 9.53 Å². The molecule has 8 nitrogen and oxygen atoms in total. The van der Waals surface area contributed by atoms with Crippen molar-refractivity contribution in [1.29, 1.82) is 0 Å². The van der Waals surface area contributed by atoms with Gasteiger partial charge >= 0.3 is 11.9 Å². The van der Waals surface area contributed by atoms with Crippen molar-refractivity contribution in [2.24, 2.45) is 10.2 Å². The molecule has 0 spiro atoms. The van der Waals surface area contributed by atoms with Crippen LogP contribution in [0.3, 0.4) is 0 Å². The minimum absolute atomic E-state index is 0.0493. The van der Waals surface area contributed by atoms with Crippen LogP contribution in [0.4, 0.5) is 0 Å². The maximum absolute atomic E-state index is 12.9. The van der Waals surface area contributed by atoms with Gasteiger partial charge in [0.05, 0.1) is 37.3 Å². The second-order valence-electron chi connectivity index (χ2n) is 8.39. The summed E-state index contributed by atoms with van der Waals surface area (Å²) in [7, 11) is 1.24. The molecule has 0 aliphatic carbocycles. The molecule has 0 unspecified atom stereocenters. The summed E-state index contributed by atoms with van der Waals surface area (Å²) >= 11 is 0. The van der Waals surface area contributed by atoms with E-state index in [4.69, 9.17) is 14.2 Å². The van der Waals surface area contributed by atoms with E-state index in [1.165, 1.54) is 31.5 Å². The molecule has 0 saturated heterocycles. The molecule has 0 aliphatic heterocycles. The number of methoxy groups -OCH3 is 1. The van der Waals surface area contributed by atoms with E-state index in [9.17, 15) is 14.4 Å².